The Labute approximate surface area is 421 Å². The van der Waals surface area contributed by atoms with E-state index < -0.39 is 71.4 Å². The van der Waals surface area contributed by atoms with Crippen molar-refractivity contribution in [3.05, 3.63) is 94.0 Å². The van der Waals surface area contributed by atoms with Gasteiger partial charge in [-0.2, -0.15) is 0 Å². The zero-order chi connectivity index (χ0) is 52.1. The van der Waals surface area contributed by atoms with Crippen molar-refractivity contribution >= 4 is 64.3 Å². The minimum absolute atomic E-state index is 0.0235. The number of unbranched alkanes of at least 4 members (excludes halogenated alkanes) is 2. The van der Waals surface area contributed by atoms with Gasteiger partial charge in [-0.05, 0) is 125 Å². The number of hydrogen-bond acceptors (Lipinski definition) is 12. The molecule has 1 saturated carbocycles. The summed E-state index contributed by atoms with van der Waals surface area (Å²) in [6.07, 6.45) is 5.02. The van der Waals surface area contributed by atoms with Gasteiger partial charge in [0, 0.05) is 49.9 Å². The van der Waals surface area contributed by atoms with E-state index in [-0.39, 0.29) is 79.4 Å². The number of anilines is 1. The molecule has 72 heavy (non-hydrogen) atoms. The summed E-state index contributed by atoms with van der Waals surface area (Å²) >= 11 is 0. The molecule has 0 radical (unpaired) electrons. The molecule has 0 spiro atoms. The summed E-state index contributed by atoms with van der Waals surface area (Å²) in [4.78, 5) is 133. The number of nitrogens with one attached hydrogen (secondary N) is 2. The summed E-state index contributed by atoms with van der Waals surface area (Å²) in [6.45, 7) is 9.56. The number of likely N-dealkylation sites (tertiary alicyclic amines) is 1. The normalized spacial score (nSPS) is 17.5. The molecule has 0 bridgehead atoms. The molecule has 16 heteroatoms. The molecule has 2 fully saturated rings. The summed E-state index contributed by atoms with van der Waals surface area (Å²) < 4.78 is 11.9. The summed E-state index contributed by atoms with van der Waals surface area (Å²) in [5.74, 6) is -4.65. The minimum atomic E-state index is -1.03. The fourth-order valence-corrected chi connectivity index (χ4v) is 9.24. The average molecular weight is 989 g/mol. The maximum atomic E-state index is 14.0. The lowest BCUT2D eigenvalue weighted by atomic mass is 9.84. The van der Waals surface area contributed by atoms with Gasteiger partial charge in [0.25, 0.3) is 23.6 Å². The number of ether oxygens (including phenoxy) is 2. The number of imide groups is 1. The zero-order valence-corrected chi connectivity index (χ0v) is 42.2. The molecule has 0 unspecified atom stereocenters. The third-order valence-corrected chi connectivity index (χ3v) is 14.1. The van der Waals surface area contributed by atoms with Gasteiger partial charge in [0.1, 0.15) is 29.5 Å². The summed E-state index contributed by atoms with van der Waals surface area (Å²) in [6, 6.07) is 15.8. The second-order valence-electron chi connectivity index (χ2n) is 19.9. The second kappa shape index (κ2) is 25.0. The molecular weight excluding hydrogens is 921 g/mol. The molecule has 5 amide bonds. The highest BCUT2D eigenvalue weighted by molar-refractivity contribution is 6.38. The van der Waals surface area contributed by atoms with Crippen LogP contribution in [-0.2, 0) is 49.5 Å². The Morgan fingerprint density at radius 2 is 1.58 bits per heavy atom. The lowest BCUT2D eigenvalue weighted by Gasteiger charge is -2.36. The lowest BCUT2D eigenvalue weighted by molar-refractivity contribution is -0.164. The van der Waals surface area contributed by atoms with Crippen LogP contribution in [0.5, 0.6) is 5.75 Å². The predicted octanol–water partition coefficient (Wildman–Crippen LogP) is 7.63. The Morgan fingerprint density at radius 1 is 0.806 bits per heavy atom. The second-order valence-corrected chi connectivity index (χ2v) is 19.9. The van der Waals surface area contributed by atoms with E-state index in [1.807, 2.05) is 32.9 Å². The molecule has 1 aliphatic carbocycles. The van der Waals surface area contributed by atoms with Crippen LogP contribution < -0.4 is 15.4 Å². The first-order valence-electron chi connectivity index (χ1n) is 25.4. The highest BCUT2D eigenvalue weighted by atomic mass is 16.5. The van der Waals surface area contributed by atoms with Crippen LogP contribution in [-0.4, -0.2) is 100 Å². The van der Waals surface area contributed by atoms with Gasteiger partial charge in [-0.3, -0.25) is 48.1 Å². The van der Waals surface area contributed by atoms with Crippen LogP contribution in [0.4, 0.5) is 5.69 Å². The number of esters is 1. The standard InChI is InChI=1S/C56H68N4O12/c1-6-56(4,5)51(66)54(69)59-30-11-9-20-44(59)55(70)72-46(27-25-37-24-23-35(2)36(3)31-37)38-15-12-16-39(32-38)58-48(64)28-26-40(61)17-8-7-10-29-57-49(65)34-71-47-22-14-19-42-50(47)53(68)60(52(42)67)43-21-13-18-41(62)33-45(43)63/h12,14-16,19,22-24,31-32,43-44,46H,6-11,13,17-18,20-21,25-30,33-34H2,1-5H3,(H,57,65)(H,58,64)/t43-,44-,46+/m0/s1. The average Bonchev–Trinajstić information content (AvgIpc) is 3.49. The van der Waals surface area contributed by atoms with Gasteiger partial charge < -0.3 is 25.0 Å². The topological polar surface area (TPSA) is 220 Å². The van der Waals surface area contributed by atoms with Gasteiger partial charge in [0.15, 0.2) is 12.4 Å². The first-order valence-corrected chi connectivity index (χ1v) is 25.4. The molecule has 2 aliphatic heterocycles. The Balaban J connectivity index is 0.943. The Hall–Kier alpha value is -6.84. The van der Waals surface area contributed by atoms with E-state index in [4.69, 9.17) is 9.47 Å². The summed E-state index contributed by atoms with van der Waals surface area (Å²) in [5.41, 5.74) is 3.67. The largest absolute Gasteiger partial charge is 0.483 e. The number of nitrogens with zero attached hydrogens (tertiary/aromatic N) is 2. The minimum Gasteiger partial charge on any atom is -0.483 e. The number of rotatable bonds is 23. The Bertz CT molecular complexity index is 2580. The summed E-state index contributed by atoms with van der Waals surface area (Å²) in [5, 5.41) is 5.62. The van der Waals surface area contributed by atoms with Crippen molar-refractivity contribution in [2.75, 3.05) is 25.0 Å². The molecule has 2 N–H and O–H groups in total. The van der Waals surface area contributed by atoms with E-state index in [1.165, 1.54) is 23.1 Å². The number of carbonyl (C=O) groups is 10. The summed E-state index contributed by atoms with van der Waals surface area (Å²) in [7, 11) is 0. The van der Waals surface area contributed by atoms with Crippen molar-refractivity contribution in [3.8, 4) is 5.75 Å². The quantitative estimate of drug-likeness (QED) is 0.0234. The molecule has 3 aliphatic rings. The predicted molar refractivity (Wildman–Crippen MR) is 267 cm³/mol. The Kier molecular flexibility index (Phi) is 18.9. The van der Waals surface area contributed by atoms with Crippen molar-refractivity contribution < 1.29 is 57.4 Å². The van der Waals surface area contributed by atoms with E-state index in [1.54, 1.807) is 32.0 Å². The Morgan fingerprint density at radius 3 is 2.35 bits per heavy atom. The van der Waals surface area contributed by atoms with Crippen LogP contribution in [0.15, 0.2) is 60.7 Å². The molecule has 0 aromatic heterocycles. The van der Waals surface area contributed by atoms with Crippen LogP contribution in [0.2, 0.25) is 0 Å². The van der Waals surface area contributed by atoms with Crippen molar-refractivity contribution in [1.29, 1.82) is 0 Å². The van der Waals surface area contributed by atoms with Gasteiger partial charge in [0.05, 0.1) is 23.6 Å². The smallest absolute Gasteiger partial charge is 0.329 e. The number of carbonyl (C=O) groups excluding carboxylic acids is 10. The molecule has 3 atom stereocenters. The lowest BCUT2D eigenvalue weighted by Crippen LogP contribution is -2.53. The number of benzene rings is 3. The molecule has 1 saturated heterocycles. The highest BCUT2D eigenvalue weighted by Gasteiger charge is 2.45. The van der Waals surface area contributed by atoms with Gasteiger partial charge in [-0.15, -0.1) is 0 Å². The molecular formula is C56H68N4O12. The SMILES string of the molecule is CCC(C)(C)C(=O)C(=O)N1CCCC[C@H]1C(=O)O[C@H](CCc1ccc(C)c(C)c1)c1cccc(NC(=O)CCC(=O)CCCCCNC(=O)COc2cccc3c2C(=O)N([C@H]2CCCC(=O)CC2=O)C3=O)c1. The maximum Gasteiger partial charge on any atom is 0.329 e. The van der Waals surface area contributed by atoms with Crippen molar-refractivity contribution in [3.63, 3.8) is 0 Å². The number of fused-ring (bicyclic) bond motifs is 1. The number of aryl methyl sites for hydroxylation is 3. The molecule has 16 nitrogen and oxygen atoms in total. The number of hydrogen-bond donors (Lipinski definition) is 2. The van der Waals surface area contributed by atoms with Crippen molar-refractivity contribution in [1.82, 2.24) is 15.1 Å². The highest BCUT2D eigenvalue weighted by Crippen LogP contribution is 2.35. The van der Waals surface area contributed by atoms with Crippen LogP contribution in [0.3, 0.4) is 0 Å². The number of amides is 5. The van der Waals surface area contributed by atoms with E-state index >= 15 is 0 Å². The molecule has 384 valence electrons. The van der Waals surface area contributed by atoms with E-state index in [2.05, 4.69) is 22.8 Å². The van der Waals surface area contributed by atoms with Gasteiger partial charge in [-0.1, -0.05) is 63.6 Å². The van der Waals surface area contributed by atoms with Crippen LogP contribution in [0.25, 0.3) is 0 Å². The zero-order valence-electron chi connectivity index (χ0n) is 42.2. The van der Waals surface area contributed by atoms with E-state index in [9.17, 15) is 47.9 Å². The maximum absolute atomic E-state index is 14.0. The number of ketones is 4. The number of Topliss-reactive ketones (excluding diaryl/α,β-unsaturated/α-hetero) is 4. The first-order chi connectivity index (χ1) is 34.4. The first kappa shape index (κ1) is 54.5. The molecule has 3 aromatic carbocycles. The number of piperidine rings is 1. The molecule has 2 heterocycles. The molecule has 6 rings (SSSR count). The van der Waals surface area contributed by atoms with Gasteiger partial charge >= 0.3 is 5.97 Å². The monoisotopic (exact) mass is 988 g/mol. The third kappa shape index (κ3) is 14.0. The van der Waals surface area contributed by atoms with Gasteiger partial charge in [-0.25, -0.2) is 4.79 Å². The van der Waals surface area contributed by atoms with E-state index in [0.717, 1.165) is 21.6 Å². The fourth-order valence-electron chi connectivity index (χ4n) is 9.24. The third-order valence-electron chi connectivity index (χ3n) is 14.1. The van der Waals surface area contributed by atoms with Crippen LogP contribution in [0.1, 0.15) is 166 Å². The van der Waals surface area contributed by atoms with Crippen LogP contribution >= 0.6 is 0 Å². The van der Waals surface area contributed by atoms with E-state index in [0.29, 0.717) is 82.0 Å². The molecule has 3 aromatic rings. The van der Waals surface area contributed by atoms with Crippen molar-refractivity contribution in [2.45, 2.75) is 156 Å². The fraction of sp³-hybridized carbons (Fsp3) is 0.500. The van der Waals surface area contributed by atoms with Gasteiger partial charge in [0.2, 0.25) is 11.7 Å². The van der Waals surface area contributed by atoms with Crippen LogP contribution in [0, 0.1) is 19.3 Å². The van der Waals surface area contributed by atoms with Crippen molar-refractivity contribution in [2.24, 2.45) is 5.41 Å².